The van der Waals surface area contributed by atoms with Gasteiger partial charge in [0.1, 0.15) is 0 Å². The van der Waals surface area contributed by atoms with Crippen LogP contribution in [0.25, 0.3) is 0 Å². The van der Waals surface area contributed by atoms with Crippen LogP contribution in [-0.4, -0.2) is 12.6 Å². The van der Waals surface area contributed by atoms with Crippen LogP contribution in [0.1, 0.15) is 46.0 Å². The zero-order valence-corrected chi connectivity index (χ0v) is 9.92. The van der Waals surface area contributed by atoms with E-state index >= 15 is 0 Å². The van der Waals surface area contributed by atoms with Crippen LogP contribution in [0.4, 0.5) is 0 Å². The van der Waals surface area contributed by atoms with Crippen LogP contribution < -0.4 is 5.32 Å². The van der Waals surface area contributed by atoms with Gasteiger partial charge in [0, 0.05) is 6.04 Å². The van der Waals surface area contributed by atoms with Gasteiger partial charge in [0.2, 0.25) is 0 Å². The predicted octanol–water partition coefficient (Wildman–Crippen LogP) is 2.70. The first-order valence-electron chi connectivity index (χ1n) is 6.26. The van der Waals surface area contributed by atoms with E-state index in [4.69, 9.17) is 5.26 Å². The summed E-state index contributed by atoms with van der Waals surface area (Å²) in [5, 5.41) is 12.7. The Morgan fingerprint density at radius 2 is 2.00 bits per heavy atom. The summed E-state index contributed by atoms with van der Waals surface area (Å²) in [6.45, 7) is 5.79. The third kappa shape index (κ3) is 2.52. The standard InChI is InChI=1S/C13H22N2/c1-13(2)7-11(13)9-15-12-6-4-3-5-10(12)8-14/h10-12,15H,3-7,9H2,1-2H3. The maximum absolute atomic E-state index is 9.05. The molecule has 0 spiro atoms. The van der Waals surface area contributed by atoms with Crippen molar-refractivity contribution in [2.45, 2.75) is 52.0 Å². The Balaban J connectivity index is 1.76. The number of hydrogen-bond acceptors (Lipinski definition) is 2. The van der Waals surface area contributed by atoms with Gasteiger partial charge in [0.25, 0.3) is 0 Å². The molecule has 0 heterocycles. The normalized spacial score (nSPS) is 38.3. The minimum atomic E-state index is 0.264. The molecule has 1 N–H and O–H groups in total. The second-order valence-electron chi connectivity index (χ2n) is 5.92. The SMILES string of the molecule is CC1(C)CC1CNC1CCCCC1C#N. The quantitative estimate of drug-likeness (QED) is 0.770. The first-order valence-corrected chi connectivity index (χ1v) is 6.26. The lowest BCUT2D eigenvalue weighted by molar-refractivity contribution is 0.305. The molecule has 0 saturated heterocycles. The molecule has 84 valence electrons. The third-order valence-corrected chi connectivity index (χ3v) is 4.28. The van der Waals surface area contributed by atoms with E-state index in [1.54, 1.807) is 0 Å². The summed E-state index contributed by atoms with van der Waals surface area (Å²) < 4.78 is 0. The second-order valence-corrected chi connectivity index (χ2v) is 5.92. The molecule has 3 unspecified atom stereocenters. The molecule has 2 nitrogen and oxygen atoms in total. The Hall–Kier alpha value is -0.550. The zero-order chi connectivity index (χ0) is 10.9. The summed E-state index contributed by atoms with van der Waals surface area (Å²) >= 11 is 0. The maximum atomic E-state index is 9.05. The minimum Gasteiger partial charge on any atom is -0.312 e. The van der Waals surface area contributed by atoms with E-state index in [1.807, 2.05) is 0 Å². The lowest BCUT2D eigenvalue weighted by Crippen LogP contribution is -2.39. The van der Waals surface area contributed by atoms with Gasteiger partial charge in [-0.15, -0.1) is 0 Å². The Morgan fingerprint density at radius 3 is 2.60 bits per heavy atom. The van der Waals surface area contributed by atoms with Crippen molar-refractivity contribution >= 4 is 0 Å². The fourth-order valence-corrected chi connectivity index (χ4v) is 2.75. The first-order chi connectivity index (χ1) is 7.13. The monoisotopic (exact) mass is 206 g/mol. The summed E-state index contributed by atoms with van der Waals surface area (Å²) in [6, 6.07) is 2.93. The van der Waals surface area contributed by atoms with Gasteiger partial charge in [0.05, 0.1) is 12.0 Å². The van der Waals surface area contributed by atoms with Crippen molar-refractivity contribution in [2.75, 3.05) is 6.54 Å². The maximum Gasteiger partial charge on any atom is 0.0672 e. The lowest BCUT2D eigenvalue weighted by atomic mass is 9.85. The van der Waals surface area contributed by atoms with Crippen LogP contribution in [-0.2, 0) is 0 Å². The average molecular weight is 206 g/mol. The smallest absolute Gasteiger partial charge is 0.0672 e. The average Bonchev–Trinajstić information content (AvgIpc) is 2.84. The van der Waals surface area contributed by atoms with Crippen molar-refractivity contribution < 1.29 is 0 Å². The Bertz CT molecular complexity index is 264. The molecule has 2 fully saturated rings. The number of nitrogens with one attached hydrogen (secondary N) is 1. The van der Waals surface area contributed by atoms with Crippen LogP contribution in [0.3, 0.4) is 0 Å². The largest absolute Gasteiger partial charge is 0.312 e. The van der Waals surface area contributed by atoms with Gasteiger partial charge in [-0.3, -0.25) is 0 Å². The highest BCUT2D eigenvalue weighted by Crippen LogP contribution is 2.51. The lowest BCUT2D eigenvalue weighted by Gasteiger charge is -2.27. The van der Waals surface area contributed by atoms with E-state index in [2.05, 4.69) is 25.2 Å². The Kier molecular flexibility index (Phi) is 3.02. The number of hydrogen-bond donors (Lipinski definition) is 1. The molecule has 2 aliphatic rings. The summed E-state index contributed by atoms with van der Waals surface area (Å²) in [6.07, 6.45) is 6.19. The van der Waals surface area contributed by atoms with Crippen molar-refractivity contribution in [2.24, 2.45) is 17.3 Å². The molecule has 2 heteroatoms. The molecule has 15 heavy (non-hydrogen) atoms. The number of nitriles is 1. The fraction of sp³-hybridized carbons (Fsp3) is 0.923. The van der Waals surface area contributed by atoms with Crippen molar-refractivity contribution in [1.82, 2.24) is 5.32 Å². The van der Waals surface area contributed by atoms with Gasteiger partial charge in [0.15, 0.2) is 0 Å². The molecule has 0 amide bonds. The van der Waals surface area contributed by atoms with E-state index in [1.165, 1.54) is 25.7 Å². The van der Waals surface area contributed by atoms with Gasteiger partial charge >= 0.3 is 0 Å². The summed E-state index contributed by atoms with van der Waals surface area (Å²) in [4.78, 5) is 0. The highest BCUT2D eigenvalue weighted by Gasteiger charge is 2.45. The summed E-state index contributed by atoms with van der Waals surface area (Å²) in [7, 11) is 0. The molecular formula is C13H22N2. The van der Waals surface area contributed by atoms with Crippen molar-refractivity contribution in [3.63, 3.8) is 0 Å². The third-order valence-electron chi connectivity index (χ3n) is 4.28. The molecule has 0 aromatic heterocycles. The number of rotatable bonds is 3. The topological polar surface area (TPSA) is 35.8 Å². The van der Waals surface area contributed by atoms with Gasteiger partial charge in [-0.2, -0.15) is 5.26 Å². The van der Waals surface area contributed by atoms with Gasteiger partial charge in [-0.25, -0.2) is 0 Å². The van der Waals surface area contributed by atoms with Crippen LogP contribution in [0, 0.1) is 28.6 Å². The summed E-state index contributed by atoms with van der Waals surface area (Å²) in [5.41, 5.74) is 0.559. The molecule has 2 aliphatic carbocycles. The van der Waals surface area contributed by atoms with E-state index in [9.17, 15) is 0 Å². The van der Waals surface area contributed by atoms with E-state index < -0.39 is 0 Å². The van der Waals surface area contributed by atoms with E-state index in [0.717, 1.165) is 18.9 Å². The fourth-order valence-electron chi connectivity index (χ4n) is 2.75. The van der Waals surface area contributed by atoms with Crippen LogP contribution in [0.15, 0.2) is 0 Å². The molecule has 0 aliphatic heterocycles. The minimum absolute atomic E-state index is 0.264. The Labute approximate surface area is 93.0 Å². The van der Waals surface area contributed by atoms with Crippen molar-refractivity contribution in [1.29, 1.82) is 5.26 Å². The Morgan fingerprint density at radius 1 is 1.33 bits per heavy atom. The molecule has 0 aromatic rings. The highest BCUT2D eigenvalue weighted by atomic mass is 14.9. The molecule has 2 saturated carbocycles. The first kappa shape index (κ1) is 11.0. The highest BCUT2D eigenvalue weighted by molar-refractivity contribution is 4.99. The van der Waals surface area contributed by atoms with Gasteiger partial charge < -0.3 is 5.32 Å². The molecule has 0 aromatic carbocycles. The summed E-state index contributed by atoms with van der Waals surface area (Å²) in [5.74, 6) is 1.11. The van der Waals surface area contributed by atoms with Crippen LogP contribution in [0.5, 0.6) is 0 Å². The molecular weight excluding hydrogens is 184 g/mol. The van der Waals surface area contributed by atoms with Gasteiger partial charge in [-0.05, 0) is 37.1 Å². The van der Waals surface area contributed by atoms with E-state index in [0.29, 0.717) is 11.5 Å². The van der Waals surface area contributed by atoms with E-state index in [-0.39, 0.29) is 5.92 Å². The van der Waals surface area contributed by atoms with Gasteiger partial charge in [-0.1, -0.05) is 26.7 Å². The van der Waals surface area contributed by atoms with Crippen LogP contribution in [0.2, 0.25) is 0 Å². The molecule has 2 rings (SSSR count). The predicted molar refractivity (Wildman–Crippen MR) is 61.2 cm³/mol. The van der Waals surface area contributed by atoms with Crippen molar-refractivity contribution in [3.8, 4) is 6.07 Å². The second kappa shape index (κ2) is 4.14. The van der Waals surface area contributed by atoms with Crippen LogP contribution >= 0.6 is 0 Å². The number of nitrogens with zero attached hydrogens (tertiary/aromatic N) is 1. The van der Waals surface area contributed by atoms with Crippen molar-refractivity contribution in [3.05, 3.63) is 0 Å². The molecule has 0 radical (unpaired) electrons. The molecule has 3 atom stereocenters. The molecule has 0 bridgehead atoms. The zero-order valence-electron chi connectivity index (χ0n) is 9.92.